The van der Waals surface area contributed by atoms with Crippen LogP contribution in [0.25, 0.3) is 22.6 Å². The molecule has 0 aliphatic heterocycles. The molecule has 1 aromatic carbocycles. The predicted molar refractivity (Wildman–Crippen MR) is 116 cm³/mol. The molecule has 4 aromatic rings. The second-order valence-corrected chi connectivity index (χ2v) is 7.83. The first-order valence-electron chi connectivity index (χ1n) is 9.02. The van der Waals surface area contributed by atoms with Crippen LogP contribution in [0, 0.1) is 0 Å². The first kappa shape index (κ1) is 19.3. The minimum absolute atomic E-state index is 0.127. The van der Waals surface area contributed by atoms with Crippen molar-refractivity contribution in [3.05, 3.63) is 60.2 Å². The average Bonchev–Trinajstić information content (AvgIpc) is 3.40. The molecular formula is C20H18N6OS2. The molecule has 0 unspecified atom stereocenters. The Morgan fingerprint density at radius 3 is 2.72 bits per heavy atom. The molecule has 1 amide bonds. The van der Waals surface area contributed by atoms with Gasteiger partial charge < -0.3 is 9.88 Å². The van der Waals surface area contributed by atoms with Crippen molar-refractivity contribution in [2.45, 2.75) is 18.6 Å². The van der Waals surface area contributed by atoms with E-state index in [9.17, 15) is 4.79 Å². The topological polar surface area (TPSA) is 85.6 Å². The number of nitrogens with one attached hydrogen (secondary N) is 1. The van der Waals surface area contributed by atoms with Crippen LogP contribution in [-0.2, 0) is 11.3 Å². The van der Waals surface area contributed by atoms with E-state index < -0.39 is 0 Å². The molecule has 3 aromatic heterocycles. The Hall–Kier alpha value is -3.04. The van der Waals surface area contributed by atoms with Crippen molar-refractivity contribution >= 4 is 34.1 Å². The summed E-state index contributed by atoms with van der Waals surface area (Å²) in [4.78, 5) is 21.0. The Morgan fingerprint density at radius 2 is 1.97 bits per heavy atom. The molecule has 3 heterocycles. The third-order valence-electron chi connectivity index (χ3n) is 4.11. The number of hydrogen-bond donors (Lipinski definition) is 1. The number of pyridine rings is 1. The summed E-state index contributed by atoms with van der Waals surface area (Å²) in [6.07, 6.45) is 3.47. The van der Waals surface area contributed by atoms with Gasteiger partial charge in [0.05, 0.1) is 11.4 Å². The first-order valence-corrected chi connectivity index (χ1v) is 10.9. The Morgan fingerprint density at radius 1 is 1.14 bits per heavy atom. The lowest BCUT2D eigenvalue weighted by atomic mass is 10.2. The summed E-state index contributed by atoms with van der Waals surface area (Å²) in [5.74, 6) is 0.847. The lowest BCUT2D eigenvalue weighted by Gasteiger charge is -2.07. The van der Waals surface area contributed by atoms with E-state index in [2.05, 4.69) is 25.5 Å². The molecule has 0 aliphatic carbocycles. The molecule has 9 heteroatoms. The highest BCUT2D eigenvalue weighted by Gasteiger charge is 2.15. The van der Waals surface area contributed by atoms with Gasteiger partial charge in [-0.25, -0.2) is 4.98 Å². The Kier molecular flexibility index (Phi) is 5.97. The largest absolute Gasteiger partial charge is 0.302 e. The van der Waals surface area contributed by atoms with E-state index in [4.69, 9.17) is 0 Å². The molecule has 0 atom stereocenters. The summed E-state index contributed by atoms with van der Waals surface area (Å²) in [5.41, 5.74) is 2.78. The molecule has 7 nitrogen and oxygen atoms in total. The Balaban J connectivity index is 1.39. The highest BCUT2D eigenvalue weighted by molar-refractivity contribution is 7.99. The van der Waals surface area contributed by atoms with Crippen LogP contribution in [0.1, 0.15) is 6.92 Å². The van der Waals surface area contributed by atoms with Gasteiger partial charge >= 0.3 is 0 Å². The summed E-state index contributed by atoms with van der Waals surface area (Å²) in [6, 6.07) is 13.7. The van der Waals surface area contributed by atoms with Crippen LogP contribution < -0.4 is 5.32 Å². The molecule has 1 N–H and O–H groups in total. The van der Waals surface area contributed by atoms with E-state index in [0.29, 0.717) is 16.8 Å². The van der Waals surface area contributed by atoms with Crippen LogP contribution in [0.5, 0.6) is 0 Å². The van der Waals surface area contributed by atoms with E-state index in [-0.39, 0.29) is 11.7 Å². The zero-order valence-corrected chi connectivity index (χ0v) is 17.3. The molecule has 0 fully saturated rings. The zero-order chi connectivity index (χ0) is 20.1. The van der Waals surface area contributed by atoms with E-state index in [1.54, 1.807) is 12.4 Å². The standard InChI is InChI=1S/C20H18N6OS2/c1-2-26-18(15-9-6-10-21-11-15)24-25-20(26)29-13-17(27)23-19-22-16(12-28-19)14-7-4-3-5-8-14/h3-12H,2,13H2,1H3,(H,22,23,27). The quantitative estimate of drug-likeness (QED) is 0.449. The van der Waals surface area contributed by atoms with Gasteiger partial charge in [-0.1, -0.05) is 42.1 Å². The Bertz CT molecular complexity index is 1090. The summed E-state index contributed by atoms with van der Waals surface area (Å²) in [7, 11) is 0. The summed E-state index contributed by atoms with van der Waals surface area (Å²) >= 11 is 2.76. The molecular weight excluding hydrogens is 404 g/mol. The molecule has 4 rings (SSSR count). The molecule has 0 radical (unpaired) electrons. The monoisotopic (exact) mass is 422 g/mol. The number of nitrogens with zero attached hydrogens (tertiary/aromatic N) is 5. The number of amides is 1. The Labute approximate surface area is 176 Å². The van der Waals surface area contributed by atoms with Gasteiger partial charge in [0.15, 0.2) is 16.1 Å². The van der Waals surface area contributed by atoms with Gasteiger partial charge in [0.2, 0.25) is 5.91 Å². The lowest BCUT2D eigenvalue weighted by Crippen LogP contribution is -2.14. The number of anilines is 1. The maximum atomic E-state index is 12.4. The minimum Gasteiger partial charge on any atom is -0.302 e. The van der Waals surface area contributed by atoms with E-state index in [1.807, 2.05) is 59.3 Å². The average molecular weight is 423 g/mol. The van der Waals surface area contributed by atoms with E-state index in [0.717, 1.165) is 22.6 Å². The van der Waals surface area contributed by atoms with Crippen molar-refractivity contribution in [3.8, 4) is 22.6 Å². The number of benzene rings is 1. The predicted octanol–water partition coefficient (Wildman–Crippen LogP) is 4.21. The van der Waals surface area contributed by atoms with Gasteiger partial charge in [0.1, 0.15) is 0 Å². The van der Waals surface area contributed by atoms with Gasteiger partial charge in [-0.05, 0) is 19.1 Å². The van der Waals surface area contributed by atoms with Gasteiger partial charge in [0.25, 0.3) is 0 Å². The molecule has 0 aliphatic rings. The van der Waals surface area contributed by atoms with Crippen LogP contribution in [0.4, 0.5) is 5.13 Å². The number of aromatic nitrogens is 5. The van der Waals surface area contributed by atoms with Gasteiger partial charge in [-0.15, -0.1) is 21.5 Å². The van der Waals surface area contributed by atoms with Crippen molar-refractivity contribution in [2.75, 3.05) is 11.1 Å². The van der Waals surface area contributed by atoms with Crippen molar-refractivity contribution in [1.82, 2.24) is 24.7 Å². The summed E-state index contributed by atoms with van der Waals surface area (Å²) < 4.78 is 1.98. The number of carbonyl (C=O) groups is 1. The number of carbonyl (C=O) groups excluding carboxylic acids is 1. The summed E-state index contributed by atoms with van der Waals surface area (Å²) in [6.45, 7) is 2.72. The van der Waals surface area contributed by atoms with Gasteiger partial charge in [0, 0.05) is 35.4 Å². The summed E-state index contributed by atoms with van der Waals surface area (Å²) in [5, 5.41) is 14.6. The smallest absolute Gasteiger partial charge is 0.236 e. The van der Waals surface area contributed by atoms with Crippen molar-refractivity contribution in [3.63, 3.8) is 0 Å². The van der Waals surface area contributed by atoms with Crippen LogP contribution in [0.3, 0.4) is 0 Å². The number of thioether (sulfide) groups is 1. The molecule has 0 bridgehead atoms. The fourth-order valence-electron chi connectivity index (χ4n) is 2.75. The molecule has 0 saturated heterocycles. The fraction of sp³-hybridized carbons (Fsp3) is 0.150. The van der Waals surface area contributed by atoms with Crippen LogP contribution >= 0.6 is 23.1 Å². The number of rotatable bonds is 7. The van der Waals surface area contributed by atoms with Crippen molar-refractivity contribution < 1.29 is 4.79 Å². The highest BCUT2D eigenvalue weighted by atomic mass is 32.2. The third kappa shape index (κ3) is 4.52. The van der Waals surface area contributed by atoms with Crippen LogP contribution in [0.2, 0.25) is 0 Å². The molecule has 0 saturated carbocycles. The highest BCUT2D eigenvalue weighted by Crippen LogP contribution is 2.26. The van der Waals surface area contributed by atoms with Gasteiger partial charge in [-0.2, -0.15) is 0 Å². The first-order chi connectivity index (χ1) is 14.2. The van der Waals surface area contributed by atoms with Crippen LogP contribution in [-0.4, -0.2) is 36.4 Å². The third-order valence-corrected chi connectivity index (χ3v) is 5.83. The zero-order valence-electron chi connectivity index (χ0n) is 15.6. The second kappa shape index (κ2) is 8.97. The fourth-order valence-corrected chi connectivity index (χ4v) is 4.29. The van der Waals surface area contributed by atoms with Crippen molar-refractivity contribution in [2.24, 2.45) is 0 Å². The minimum atomic E-state index is -0.127. The molecule has 0 spiro atoms. The molecule has 29 heavy (non-hydrogen) atoms. The van der Waals surface area contributed by atoms with Gasteiger partial charge in [-0.3, -0.25) is 9.78 Å². The molecule has 146 valence electrons. The maximum Gasteiger partial charge on any atom is 0.236 e. The van der Waals surface area contributed by atoms with Crippen LogP contribution in [0.15, 0.2) is 65.4 Å². The normalized spacial score (nSPS) is 10.8. The van der Waals surface area contributed by atoms with Crippen molar-refractivity contribution in [1.29, 1.82) is 0 Å². The van der Waals surface area contributed by atoms with E-state index >= 15 is 0 Å². The maximum absolute atomic E-state index is 12.4. The van der Waals surface area contributed by atoms with E-state index in [1.165, 1.54) is 23.1 Å². The number of thiazole rings is 1. The second-order valence-electron chi connectivity index (χ2n) is 6.03. The lowest BCUT2D eigenvalue weighted by molar-refractivity contribution is -0.113. The number of hydrogen-bond acceptors (Lipinski definition) is 7. The SMILES string of the molecule is CCn1c(SCC(=O)Nc2nc(-c3ccccc3)cs2)nnc1-c1cccnc1.